The van der Waals surface area contributed by atoms with Crippen LogP contribution in [0.4, 0.5) is 5.69 Å². The Morgan fingerprint density at radius 2 is 2.14 bits per heavy atom. The summed E-state index contributed by atoms with van der Waals surface area (Å²) < 4.78 is 0. The first kappa shape index (κ1) is 10.9. The van der Waals surface area contributed by atoms with E-state index in [2.05, 4.69) is 0 Å². The van der Waals surface area contributed by atoms with Gasteiger partial charge in [-0.25, -0.2) is 0 Å². The average Bonchev–Trinajstić information content (AvgIpc) is 2.18. The molecule has 0 unspecified atom stereocenters. The molecule has 1 N–H and O–H groups in total. The van der Waals surface area contributed by atoms with Crippen molar-refractivity contribution in [3.63, 3.8) is 0 Å². The van der Waals surface area contributed by atoms with Crippen LogP contribution in [0, 0.1) is 10.1 Å². The number of nitro groups is 1. The molecule has 1 rings (SSSR count). The molecular formula is C9H10ClNO3. The molecule has 0 bridgehead atoms. The molecule has 0 heterocycles. The van der Waals surface area contributed by atoms with Gasteiger partial charge in [0, 0.05) is 23.9 Å². The monoisotopic (exact) mass is 215 g/mol. The van der Waals surface area contributed by atoms with Crippen molar-refractivity contribution < 1.29 is 10.0 Å². The normalized spacial score (nSPS) is 12.4. The number of aliphatic hydroxyl groups is 1. The largest absolute Gasteiger partial charge is 0.392 e. The predicted octanol–water partition coefficient (Wildman–Crippen LogP) is 1.74. The zero-order valence-electron chi connectivity index (χ0n) is 7.39. The van der Waals surface area contributed by atoms with Gasteiger partial charge in [0.05, 0.1) is 11.0 Å². The lowest BCUT2D eigenvalue weighted by Crippen LogP contribution is -2.12. The number of hydrogen-bond donors (Lipinski definition) is 1. The first-order valence-corrected chi connectivity index (χ1v) is 4.65. The van der Waals surface area contributed by atoms with Crippen molar-refractivity contribution in [2.45, 2.75) is 12.5 Å². The quantitative estimate of drug-likeness (QED) is 0.473. The summed E-state index contributed by atoms with van der Waals surface area (Å²) in [6.07, 6.45) is -0.529. The van der Waals surface area contributed by atoms with E-state index in [4.69, 9.17) is 11.6 Å². The number of alkyl halides is 1. The molecule has 1 atom stereocenters. The van der Waals surface area contributed by atoms with E-state index in [-0.39, 0.29) is 18.0 Å². The lowest BCUT2D eigenvalue weighted by atomic mass is 10.1. The van der Waals surface area contributed by atoms with Crippen molar-refractivity contribution in [2.24, 2.45) is 0 Å². The van der Waals surface area contributed by atoms with Crippen LogP contribution in [0.15, 0.2) is 24.3 Å². The molecule has 0 aromatic heterocycles. The van der Waals surface area contributed by atoms with E-state index in [0.29, 0.717) is 5.56 Å². The number of rotatable bonds is 4. The summed E-state index contributed by atoms with van der Waals surface area (Å²) in [6, 6.07) is 6.32. The number of benzene rings is 1. The first-order valence-electron chi connectivity index (χ1n) is 4.11. The Bertz CT molecular complexity index is 330. The van der Waals surface area contributed by atoms with E-state index in [1.807, 2.05) is 0 Å². The molecule has 0 fully saturated rings. The molecule has 0 spiro atoms. The van der Waals surface area contributed by atoms with Gasteiger partial charge in [-0.1, -0.05) is 18.2 Å². The number of aliphatic hydroxyl groups excluding tert-OH is 1. The van der Waals surface area contributed by atoms with Gasteiger partial charge < -0.3 is 5.11 Å². The molecule has 0 saturated heterocycles. The van der Waals surface area contributed by atoms with E-state index in [0.717, 1.165) is 0 Å². The molecule has 0 saturated carbocycles. The third kappa shape index (κ3) is 2.68. The Hall–Kier alpha value is -1.13. The highest BCUT2D eigenvalue weighted by Gasteiger charge is 2.14. The lowest BCUT2D eigenvalue weighted by molar-refractivity contribution is -0.385. The van der Waals surface area contributed by atoms with Gasteiger partial charge in [-0.3, -0.25) is 10.1 Å². The molecule has 1 aromatic carbocycles. The van der Waals surface area contributed by atoms with Crippen LogP contribution in [0.5, 0.6) is 0 Å². The number of halogens is 1. The number of nitro benzene ring substituents is 1. The zero-order valence-corrected chi connectivity index (χ0v) is 8.15. The highest BCUT2D eigenvalue weighted by atomic mass is 35.5. The molecule has 0 radical (unpaired) electrons. The van der Waals surface area contributed by atoms with E-state index in [9.17, 15) is 15.2 Å². The molecule has 5 heteroatoms. The maximum atomic E-state index is 10.6. The van der Waals surface area contributed by atoms with Crippen molar-refractivity contribution in [1.29, 1.82) is 0 Å². The SMILES string of the molecule is O=[N+]([O-])c1ccccc1C[C@@H](O)CCl. The summed E-state index contributed by atoms with van der Waals surface area (Å²) in [7, 11) is 0. The summed E-state index contributed by atoms with van der Waals surface area (Å²) >= 11 is 5.41. The highest BCUT2D eigenvalue weighted by molar-refractivity contribution is 6.18. The van der Waals surface area contributed by atoms with E-state index >= 15 is 0 Å². The van der Waals surface area contributed by atoms with Gasteiger partial charge in [-0.15, -0.1) is 11.6 Å². The summed E-state index contributed by atoms with van der Waals surface area (Å²) in [5, 5.41) is 19.8. The predicted molar refractivity (Wildman–Crippen MR) is 53.5 cm³/mol. The Labute approximate surface area is 86.3 Å². The van der Waals surface area contributed by atoms with Crippen LogP contribution in [-0.2, 0) is 6.42 Å². The Kier molecular flexibility index (Phi) is 3.85. The third-order valence-corrected chi connectivity index (χ3v) is 2.18. The van der Waals surface area contributed by atoms with Crippen LogP contribution in [0.25, 0.3) is 0 Å². The zero-order chi connectivity index (χ0) is 10.6. The minimum absolute atomic E-state index is 0.0247. The maximum absolute atomic E-state index is 10.6. The first-order chi connectivity index (χ1) is 6.65. The smallest absolute Gasteiger partial charge is 0.272 e. The molecular weight excluding hydrogens is 206 g/mol. The lowest BCUT2D eigenvalue weighted by Gasteiger charge is -2.06. The van der Waals surface area contributed by atoms with Crippen LogP contribution in [-0.4, -0.2) is 22.0 Å². The second-order valence-electron chi connectivity index (χ2n) is 2.90. The fraction of sp³-hybridized carbons (Fsp3) is 0.333. The molecule has 0 aliphatic carbocycles. The van der Waals surface area contributed by atoms with E-state index in [1.165, 1.54) is 6.07 Å². The van der Waals surface area contributed by atoms with Gasteiger partial charge >= 0.3 is 0 Å². The van der Waals surface area contributed by atoms with Crippen molar-refractivity contribution in [3.8, 4) is 0 Å². The summed E-state index contributed by atoms with van der Waals surface area (Å²) in [5.41, 5.74) is 0.530. The van der Waals surface area contributed by atoms with Gasteiger partial charge in [-0.2, -0.15) is 0 Å². The highest BCUT2D eigenvalue weighted by Crippen LogP contribution is 2.19. The molecule has 1 aromatic rings. The van der Waals surface area contributed by atoms with Gasteiger partial charge in [0.25, 0.3) is 5.69 Å². The van der Waals surface area contributed by atoms with Gasteiger partial charge in [0.2, 0.25) is 0 Å². The second kappa shape index (κ2) is 4.93. The molecule has 14 heavy (non-hydrogen) atoms. The molecule has 0 amide bonds. The molecule has 0 aliphatic rings. The minimum Gasteiger partial charge on any atom is -0.392 e. The van der Waals surface area contributed by atoms with Gasteiger partial charge in [0.1, 0.15) is 0 Å². The number of para-hydroxylation sites is 1. The Balaban J connectivity index is 2.90. The van der Waals surface area contributed by atoms with E-state index < -0.39 is 11.0 Å². The molecule has 0 aliphatic heterocycles. The van der Waals surface area contributed by atoms with Crippen molar-refractivity contribution in [1.82, 2.24) is 0 Å². The van der Waals surface area contributed by atoms with Crippen molar-refractivity contribution >= 4 is 17.3 Å². The van der Waals surface area contributed by atoms with Gasteiger partial charge in [-0.05, 0) is 0 Å². The summed E-state index contributed by atoms with van der Waals surface area (Å²) in [4.78, 5) is 10.1. The van der Waals surface area contributed by atoms with Crippen LogP contribution in [0.3, 0.4) is 0 Å². The summed E-state index contributed by atoms with van der Waals surface area (Å²) in [6.45, 7) is 0. The van der Waals surface area contributed by atoms with E-state index in [1.54, 1.807) is 18.2 Å². The second-order valence-corrected chi connectivity index (χ2v) is 3.21. The van der Waals surface area contributed by atoms with Crippen LogP contribution in [0.2, 0.25) is 0 Å². The summed E-state index contributed by atoms with van der Waals surface area (Å²) in [5.74, 6) is 0.0754. The van der Waals surface area contributed by atoms with Crippen LogP contribution < -0.4 is 0 Å². The van der Waals surface area contributed by atoms with Crippen molar-refractivity contribution in [2.75, 3.05) is 5.88 Å². The Morgan fingerprint density at radius 3 is 2.71 bits per heavy atom. The molecule has 76 valence electrons. The maximum Gasteiger partial charge on any atom is 0.272 e. The fourth-order valence-electron chi connectivity index (χ4n) is 1.17. The minimum atomic E-state index is -0.738. The fourth-order valence-corrected chi connectivity index (χ4v) is 1.28. The van der Waals surface area contributed by atoms with Gasteiger partial charge in [0.15, 0.2) is 0 Å². The standard InChI is InChI=1S/C9H10ClNO3/c10-6-8(12)5-7-3-1-2-4-9(7)11(13)14/h1-4,8,12H,5-6H2/t8-/m1/s1. The average molecular weight is 216 g/mol. The van der Waals surface area contributed by atoms with Crippen LogP contribution >= 0.6 is 11.6 Å². The third-order valence-electron chi connectivity index (χ3n) is 1.82. The van der Waals surface area contributed by atoms with Crippen LogP contribution in [0.1, 0.15) is 5.56 Å². The number of hydrogen-bond acceptors (Lipinski definition) is 3. The van der Waals surface area contributed by atoms with Crippen molar-refractivity contribution in [3.05, 3.63) is 39.9 Å². The molecule has 4 nitrogen and oxygen atoms in total. The Morgan fingerprint density at radius 1 is 1.50 bits per heavy atom. The topological polar surface area (TPSA) is 63.4 Å². The number of nitrogens with zero attached hydrogens (tertiary/aromatic N) is 1.